The lowest BCUT2D eigenvalue weighted by molar-refractivity contribution is 0.0689. The molecule has 0 radical (unpaired) electrons. The van der Waals surface area contributed by atoms with Gasteiger partial charge in [-0.2, -0.15) is 0 Å². The molecule has 0 aromatic carbocycles. The standard InChI is InChI=1S/C18H31N5O2.HI/c1-19-18(21-9-5-6-14-25-16-15-24-2)23-12-10-22(11-13-23)17-7-3-4-8-20-17;/h3-4,7-8H,5-6,9-16H2,1-2H3,(H,19,21);1H. The minimum absolute atomic E-state index is 0. The number of aromatic nitrogens is 1. The molecule has 2 rings (SSSR count). The van der Waals surface area contributed by atoms with Gasteiger partial charge in [-0.1, -0.05) is 6.07 Å². The molecule has 8 heteroatoms. The van der Waals surface area contributed by atoms with Gasteiger partial charge >= 0.3 is 0 Å². The Morgan fingerprint density at radius 1 is 1.15 bits per heavy atom. The van der Waals surface area contributed by atoms with Crippen molar-refractivity contribution < 1.29 is 9.47 Å². The summed E-state index contributed by atoms with van der Waals surface area (Å²) in [5.41, 5.74) is 0. The minimum atomic E-state index is 0. The van der Waals surface area contributed by atoms with Gasteiger partial charge < -0.3 is 24.6 Å². The third-order valence-electron chi connectivity index (χ3n) is 4.19. The van der Waals surface area contributed by atoms with Crippen LogP contribution < -0.4 is 10.2 Å². The largest absolute Gasteiger partial charge is 0.382 e. The van der Waals surface area contributed by atoms with Crippen LogP contribution in [0.2, 0.25) is 0 Å². The predicted octanol–water partition coefficient (Wildman–Crippen LogP) is 1.84. The van der Waals surface area contributed by atoms with Crippen LogP contribution in [0.25, 0.3) is 0 Å². The molecular formula is C18H32IN5O2. The van der Waals surface area contributed by atoms with Gasteiger partial charge in [-0.05, 0) is 25.0 Å². The van der Waals surface area contributed by atoms with Crippen molar-refractivity contribution in [1.29, 1.82) is 0 Å². The topological polar surface area (TPSA) is 62.2 Å². The van der Waals surface area contributed by atoms with Crippen LogP contribution in [0.1, 0.15) is 12.8 Å². The van der Waals surface area contributed by atoms with E-state index in [9.17, 15) is 0 Å². The van der Waals surface area contributed by atoms with Crippen molar-refractivity contribution >= 4 is 35.8 Å². The van der Waals surface area contributed by atoms with E-state index in [1.54, 1.807) is 7.11 Å². The van der Waals surface area contributed by atoms with E-state index in [0.29, 0.717) is 13.2 Å². The number of halogens is 1. The van der Waals surface area contributed by atoms with E-state index in [1.165, 1.54) is 0 Å². The molecule has 2 heterocycles. The molecule has 1 aromatic heterocycles. The minimum Gasteiger partial charge on any atom is -0.382 e. The van der Waals surface area contributed by atoms with E-state index < -0.39 is 0 Å². The predicted molar refractivity (Wildman–Crippen MR) is 117 cm³/mol. The second kappa shape index (κ2) is 14.0. The summed E-state index contributed by atoms with van der Waals surface area (Å²) in [4.78, 5) is 13.5. The lowest BCUT2D eigenvalue weighted by Crippen LogP contribution is -2.52. The SMILES string of the molecule is CN=C(NCCCCOCCOC)N1CCN(c2ccccn2)CC1.I. The Morgan fingerprint density at radius 3 is 2.62 bits per heavy atom. The van der Waals surface area contributed by atoms with E-state index in [0.717, 1.165) is 63.9 Å². The lowest BCUT2D eigenvalue weighted by atomic mass is 10.3. The summed E-state index contributed by atoms with van der Waals surface area (Å²) in [6, 6.07) is 6.06. The summed E-state index contributed by atoms with van der Waals surface area (Å²) < 4.78 is 10.4. The van der Waals surface area contributed by atoms with Crippen molar-refractivity contribution in [2.75, 3.05) is 71.6 Å². The van der Waals surface area contributed by atoms with Gasteiger partial charge in [-0.3, -0.25) is 4.99 Å². The van der Waals surface area contributed by atoms with Crippen LogP contribution in [0.15, 0.2) is 29.4 Å². The van der Waals surface area contributed by atoms with Gasteiger partial charge in [0.15, 0.2) is 5.96 Å². The Balaban J connectivity index is 0.00000338. The first-order valence-corrected chi connectivity index (χ1v) is 9.03. The molecule has 1 aromatic rings. The highest BCUT2D eigenvalue weighted by Crippen LogP contribution is 2.12. The van der Waals surface area contributed by atoms with Gasteiger partial charge in [0, 0.05) is 59.7 Å². The molecule has 0 unspecified atom stereocenters. The Hall–Kier alpha value is -1.13. The second-order valence-corrected chi connectivity index (χ2v) is 5.95. The number of anilines is 1. The number of ether oxygens (including phenoxy) is 2. The smallest absolute Gasteiger partial charge is 0.193 e. The Morgan fingerprint density at radius 2 is 1.96 bits per heavy atom. The highest BCUT2D eigenvalue weighted by atomic mass is 127. The molecule has 0 atom stereocenters. The van der Waals surface area contributed by atoms with Crippen LogP contribution >= 0.6 is 24.0 Å². The Kier molecular flexibility index (Phi) is 12.3. The molecule has 0 spiro atoms. The first-order chi connectivity index (χ1) is 12.3. The summed E-state index contributed by atoms with van der Waals surface area (Å²) in [6.07, 6.45) is 3.96. The number of piperazine rings is 1. The number of nitrogens with zero attached hydrogens (tertiary/aromatic N) is 4. The molecule has 0 amide bonds. The van der Waals surface area contributed by atoms with Crippen LogP contribution in [0.3, 0.4) is 0 Å². The molecule has 0 aliphatic carbocycles. The number of guanidine groups is 1. The zero-order chi connectivity index (χ0) is 17.7. The summed E-state index contributed by atoms with van der Waals surface area (Å²) in [7, 11) is 3.54. The first-order valence-electron chi connectivity index (χ1n) is 9.03. The van der Waals surface area contributed by atoms with Crippen LogP contribution in [0.5, 0.6) is 0 Å². The molecule has 7 nitrogen and oxygen atoms in total. The molecule has 0 saturated carbocycles. The maximum Gasteiger partial charge on any atom is 0.193 e. The zero-order valence-electron chi connectivity index (χ0n) is 15.9. The number of rotatable bonds is 9. The number of unbranched alkanes of at least 4 members (excludes halogenated alkanes) is 1. The fourth-order valence-electron chi connectivity index (χ4n) is 2.79. The van der Waals surface area contributed by atoms with E-state index in [1.807, 2.05) is 25.4 Å². The number of hydrogen-bond donors (Lipinski definition) is 1. The van der Waals surface area contributed by atoms with Crippen molar-refractivity contribution in [2.45, 2.75) is 12.8 Å². The summed E-state index contributed by atoms with van der Waals surface area (Å²) >= 11 is 0. The number of methoxy groups -OCH3 is 1. The highest BCUT2D eigenvalue weighted by molar-refractivity contribution is 14.0. The van der Waals surface area contributed by atoms with Crippen molar-refractivity contribution in [3.63, 3.8) is 0 Å². The molecule has 1 aliphatic rings. The van der Waals surface area contributed by atoms with Crippen molar-refractivity contribution in [3.05, 3.63) is 24.4 Å². The van der Waals surface area contributed by atoms with Crippen LogP contribution in [0.4, 0.5) is 5.82 Å². The average molecular weight is 477 g/mol. The molecule has 0 bridgehead atoms. The van der Waals surface area contributed by atoms with E-state index in [4.69, 9.17) is 9.47 Å². The van der Waals surface area contributed by atoms with Crippen molar-refractivity contribution in [3.8, 4) is 0 Å². The van der Waals surface area contributed by atoms with Gasteiger partial charge in [0.25, 0.3) is 0 Å². The normalized spacial score (nSPS) is 14.9. The van der Waals surface area contributed by atoms with Gasteiger partial charge in [0.2, 0.25) is 0 Å². The number of hydrogen-bond acceptors (Lipinski definition) is 5. The van der Waals surface area contributed by atoms with Gasteiger partial charge in [0.05, 0.1) is 13.2 Å². The highest BCUT2D eigenvalue weighted by Gasteiger charge is 2.19. The number of pyridine rings is 1. The molecule has 26 heavy (non-hydrogen) atoms. The maximum absolute atomic E-state index is 5.47. The van der Waals surface area contributed by atoms with Crippen LogP contribution in [0, 0.1) is 0 Å². The first kappa shape index (κ1) is 22.9. The molecular weight excluding hydrogens is 445 g/mol. The quantitative estimate of drug-likeness (QED) is 0.254. The maximum atomic E-state index is 5.47. The monoisotopic (exact) mass is 477 g/mol. The number of nitrogens with one attached hydrogen (secondary N) is 1. The van der Waals surface area contributed by atoms with Gasteiger partial charge in [-0.15, -0.1) is 24.0 Å². The Labute approximate surface area is 174 Å². The summed E-state index contributed by atoms with van der Waals surface area (Å²) in [5.74, 6) is 2.04. The fraction of sp³-hybridized carbons (Fsp3) is 0.667. The van der Waals surface area contributed by atoms with Crippen molar-refractivity contribution in [2.24, 2.45) is 4.99 Å². The van der Waals surface area contributed by atoms with Gasteiger partial charge in [0.1, 0.15) is 5.82 Å². The van der Waals surface area contributed by atoms with Crippen molar-refractivity contribution in [1.82, 2.24) is 15.2 Å². The molecule has 1 saturated heterocycles. The molecule has 1 aliphatic heterocycles. The zero-order valence-corrected chi connectivity index (χ0v) is 18.2. The van der Waals surface area contributed by atoms with Gasteiger partial charge in [-0.25, -0.2) is 4.98 Å². The van der Waals surface area contributed by atoms with E-state index in [-0.39, 0.29) is 24.0 Å². The molecule has 148 valence electrons. The lowest BCUT2D eigenvalue weighted by Gasteiger charge is -2.37. The van der Waals surface area contributed by atoms with Crippen LogP contribution in [-0.2, 0) is 9.47 Å². The van der Waals surface area contributed by atoms with E-state index in [2.05, 4.69) is 31.2 Å². The number of aliphatic imine (C=N–C) groups is 1. The molecule has 1 fully saturated rings. The molecule has 1 N–H and O–H groups in total. The Bertz CT molecular complexity index is 496. The van der Waals surface area contributed by atoms with Crippen LogP contribution in [-0.4, -0.2) is 82.5 Å². The third-order valence-corrected chi connectivity index (χ3v) is 4.19. The summed E-state index contributed by atoms with van der Waals surface area (Å²) in [6.45, 7) is 6.87. The third kappa shape index (κ3) is 8.05. The average Bonchev–Trinajstić information content (AvgIpc) is 2.68. The summed E-state index contributed by atoms with van der Waals surface area (Å²) in [5, 5.41) is 3.46. The van der Waals surface area contributed by atoms with E-state index >= 15 is 0 Å². The fourth-order valence-corrected chi connectivity index (χ4v) is 2.79. The second-order valence-electron chi connectivity index (χ2n) is 5.95.